The van der Waals surface area contributed by atoms with Crippen molar-refractivity contribution in [2.45, 2.75) is 25.3 Å². The molecule has 0 radical (unpaired) electrons. The van der Waals surface area contributed by atoms with Crippen LogP contribution in [-0.4, -0.2) is 29.3 Å². The van der Waals surface area contributed by atoms with Gasteiger partial charge in [-0.15, -0.1) is 0 Å². The number of hydrogen-bond acceptors (Lipinski definition) is 3. The summed E-state index contributed by atoms with van der Waals surface area (Å²) in [5.41, 5.74) is -1.21. The van der Waals surface area contributed by atoms with E-state index in [4.69, 9.17) is 5.11 Å². The Morgan fingerprint density at radius 2 is 2.27 bits per heavy atom. The molecule has 1 amide bonds. The molecule has 1 fully saturated rings. The minimum Gasteiger partial charge on any atom is -0.480 e. The molecule has 5 nitrogen and oxygen atoms in total. The van der Waals surface area contributed by atoms with Gasteiger partial charge in [-0.1, -0.05) is 12.7 Å². The predicted molar refractivity (Wildman–Crippen MR) is 53.4 cm³/mol. The maximum Gasteiger partial charge on any atom is 0.408 e. The third-order valence-corrected chi connectivity index (χ3v) is 2.53. The lowest BCUT2D eigenvalue weighted by atomic mass is 9.96. The van der Waals surface area contributed by atoms with Crippen molar-refractivity contribution in [2.24, 2.45) is 5.92 Å². The molecule has 1 aliphatic rings. The van der Waals surface area contributed by atoms with Gasteiger partial charge in [0.2, 0.25) is 0 Å². The summed E-state index contributed by atoms with van der Waals surface area (Å²) in [6.45, 7) is 4.97. The molecule has 2 N–H and O–H groups in total. The van der Waals surface area contributed by atoms with Crippen LogP contribution in [0.25, 0.3) is 0 Å². The molecule has 0 aromatic heterocycles. The molecule has 1 rings (SSSR count). The Hall–Kier alpha value is -1.52. The molecule has 84 valence electrons. The smallest absolute Gasteiger partial charge is 0.408 e. The van der Waals surface area contributed by atoms with Crippen molar-refractivity contribution in [2.75, 3.05) is 6.61 Å². The van der Waals surface area contributed by atoms with Crippen molar-refractivity contribution in [1.29, 1.82) is 0 Å². The molecule has 1 atom stereocenters. The lowest BCUT2D eigenvalue weighted by Crippen LogP contribution is -2.54. The number of ether oxygens (including phenoxy) is 1. The second kappa shape index (κ2) is 4.33. The molecule has 0 saturated heterocycles. The molecule has 0 aromatic rings. The van der Waals surface area contributed by atoms with Gasteiger partial charge < -0.3 is 15.2 Å². The van der Waals surface area contributed by atoms with Crippen LogP contribution in [0.5, 0.6) is 0 Å². The van der Waals surface area contributed by atoms with Crippen LogP contribution in [0, 0.1) is 5.92 Å². The molecule has 15 heavy (non-hydrogen) atoms. The first-order chi connectivity index (χ1) is 7.00. The lowest BCUT2D eigenvalue weighted by Gasteiger charge is -2.25. The molecular formula is C10H15NO4. The number of alkyl carbamates (subject to hydrolysis) is 1. The zero-order chi connectivity index (χ0) is 11.5. The first kappa shape index (κ1) is 11.6. The zero-order valence-electron chi connectivity index (χ0n) is 8.66. The molecule has 1 unspecified atom stereocenters. The van der Waals surface area contributed by atoms with Crippen LogP contribution in [0.3, 0.4) is 0 Å². The van der Waals surface area contributed by atoms with E-state index in [1.807, 2.05) is 0 Å². The Morgan fingerprint density at radius 1 is 1.67 bits per heavy atom. The maximum atomic E-state index is 11.2. The Bertz CT molecular complexity index is 285. The number of hydrogen-bond donors (Lipinski definition) is 2. The van der Waals surface area contributed by atoms with Crippen molar-refractivity contribution >= 4 is 12.1 Å². The van der Waals surface area contributed by atoms with E-state index in [9.17, 15) is 9.59 Å². The van der Waals surface area contributed by atoms with Gasteiger partial charge in [0, 0.05) is 0 Å². The number of aliphatic carboxylic acids is 1. The maximum absolute atomic E-state index is 11.2. The van der Waals surface area contributed by atoms with Crippen LogP contribution in [0.2, 0.25) is 0 Å². The Morgan fingerprint density at radius 3 is 2.67 bits per heavy atom. The van der Waals surface area contributed by atoms with Crippen LogP contribution in [0.15, 0.2) is 12.7 Å². The van der Waals surface area contributed by atoms with E-state index in [2.05, 4.69) is 16.6 Å². The van der Waals surface area contributed by atoms with Crippen molar-refractivity contribution in [3.8, 4) is 0 Å². The van der Waals surface area contributed by atoms with Gasteiger partial charge >= 0.3 is 12.1 Å². The molecule has 5 heteroatoms. The van der Waals surface area contributed by atoms with Crippen molar-refractivity contribution in [3.05, 3.63) is 12.7 Å². The summed E-state index contributed by atoms with van der Waals surface area (Å²) in [7, 11) is 0. The first-order valence-corrected chi connectivity index (χ1v) is 4.80. The normalized spacial score (nSPS) is 18.7. The second-order valence-corrected chi connectivity index (χ2v) is 3.79. The summed E-state index contributed by atoms with van der Waals surface area (Å²) < 4.78 is 4.68. The van der Waals surface area contributed by atoms with E-state index in [0.717, 1.165) is 12.8 Å². The third kappa shape index (κ3) is 2.71. The first-order valence-electron chi connectivity index (χ1n) is 4.80. The van der Waals surface area contributed by atoms with Crippen molar-refractivity contribution in [3.63, 3.8) is 0 Å². The summed E-state index contributed by atoms with van der Waals surface area (Å²) in [4.78, 5) is 22.2. The highest BCUT2D eigenvalue weighted by Gasteiger charge is 2.48. The fourth-order valence-electron chi connectivity index (χ4n) is 1.37. The highest BCUT2D eigenvalue weighted by atomic mass is 16.5. The highest BCUT2D eigenvalue weighted by Crippen LogP contribution is 2.39. The number of amides is 1. The van der Waals surface area contributed by atoms with E-state index in [-0.39, 0.29) is 12.5 Å². The average molecular weight is 213 g/mol. The van der Waals surface area contributed by atoms with Crippen LogP contribution >= 0.6 is 0 Å². The Labute approximate surface area is 88.1 Å². The van der Waals surface area contributed by atoms with E-state index >= 15 is 0 Å². The molecular weight excluding hydrogens is 198 g/mol. The fourth-order valence-corrected chi connectivity index (χ4v) is 1.37. The molecule has 1 aliphatic carbocycles. The molecule has 0 aliphatic heterocycles. The summed E-state index contributed by atoms with van der Waals surface area (Å²) in [6.07, 6.45) is 2.36. The van der Waals surface area contributed by atoms with Crippen molar-refractivity contribution < 1.29 is 19.4 Å². The predicted octanol–water partition coefficient (Wildman–Crippen LogP) is 1.15. The van der Waals surface area contributed by atoms with Crippen LogP contribution in [0.1, 0.15) is 19.8 Å². The Kier molecular flexibility index (Phi) is 3.34. The van der Waals surface area contributed by atoms with Gasteiger partial charge in [0.15, 0.2) is 0 Å². The fraction of sp³-hybridized carbons (Fsp3) is 0.600. The van der Waals surface area contributed by atoms with E-state index < -0.39 is 17.6 Å². The number of carboxylic acid groups (broad SMARTS) is 1. The SMILES string of the molecule is C=CCOC(=O)NC(C)(C(=O)O)C1CC1. The van der Waals surface area contributed by atoms with Crippen LogP contribution in [0.4, 0.5) is 4.79 Å². The van der Waals surface area contributed by atoms with Crippen LogP contribution < -0.4 is 5.32 Å². The average Bonchev–Trinajstić information content (AvgIpc) is 2.97. The molecule has 0 spiro atoms. The lowest BCUT2D eigenvalue weighted by molar-refractivity contribution is -0.144. The second-order valence-electron chi connectivity index (χ2n) is 3.79. The summed E-state index contributed by atoms with van der Waals surface area (Å²) in [5, 5.41) is 11.4. The number of carboxylic acids is 1. The van der Waals surface area contributed by atoms with Gasteiger partial charge in [0.1, 0.15) is 12.1 Å². The monoisotopic (exact) mass is 213 g/mol. The summed E-state index contributed by atoms with van der Waals surface area (Å²) in [5.74, 6) is -1.02. The Balaban J connectivity index is 2.55. The van der Waals surface area contributed by atoms with Gasteiger partial charge in [-0.25, -0.2) is 9.59 Å². The van der Waals surface area contributed by atoms with E-state index in [0.29, 0.717) is 0 Å². The number of carbonyl (C=O) groups excluding carboxylic acids is 1. The van der Waals surface area contributed by atoms with Gasteiger partial charge in [-0.3, -0.25) is 0 Å². The molecule has 0 bridgehead atoms. The zero-order valence-corrected chi connectivity index (χ0v) is 8.66. The molecule has 0 heterocycles. The number of carbonyl (C=O) groups is 2. The van der Waals surface area contributed by atoms with E-state index in [1.165, 1.54) is 13.0 Å². The summed E-state index contributed by atoms with van der Waals surface area (Å²) in [6, 6.07) is 0. The molecule has 1 saturated carbocycles. The highest BCUT2D eigenvalue weighted by molar-refractivity contribution is 5.84. The van der Waals surface area contributed by atoms with Crippen molar-refractivity contribution in [1.82, 2.24) is 5.32 Å². The topological polar surface area (TPSA) is 75.6 Å². The van der Waals surface area contributed by atoms with Gasteiger partial charge in [-0.2, -0.15) is 0 Å². The van der Waals surface area contributed by atoms with E-state index in [1.54, 1.807) is 0 Å². The number of rotatable bonds is 5. The number of nitrogens with one attached hydrogen (secondary N) is 1. The van der Waals surface area contributed by atoms with Gasteiger partial charge in [0.25, 0.3) is 0 Å². The largest absolute Gasteiger partial charge is 0.480 e. The third-order valence-electron chi connectivity index (χ3n) is 2.53. The summed E-state index contributed by atoms with van der Waals surface area (Å²) >= 11 is 0. The van der Waals surface area contributed by atoms with Gasteiger partial charge in [0.05, 0.1) is 0 Å². The quantitative estimate of drug-likeness (QED) is 0.672. The van der Waals surface area contributed by atoms with Gasteiger partial charge in [-0.05, 0) is 25.7 Å². The standard InChI is InChI=1S/C10H15NO4/c1-3-6-15-9(14)11-10(2,8(12)13)7-4-5-7/h3,7H,1,4-6H2,2H3,(H,11,14)(H,12,13). The minimum atomic E-state index is -1.21. The van der Waals surface area contributed by atoms with Crippen LogP contribution in [-0.2, 0) is 9.53 Å². The minimum absolute atomic E-state index is 0.00582. The molecule has 0 aromatic carbocycles.